The summed E-state index contributed by atoms with van der Waals surface area (Å²) in [5, 5.41) is 0. The highest BCUT2D eigenvalue weighted by Gasteiger charge is 2.43. The van der Waals surface area contributed by atoms with E-state index in [4.69, 9.17) is 14.2 Å². The predicted molar refractivity (Wildman–Crippen MR) is 231 cm³/mol. The molecule has 1 aromatic carbocycles. The average molecular weight is 748 g/mol. The smallest absolute Gasteiger partial charge is 0.409 e. The van der Waals surface area contributed by atoms with Gasteiger partial charge < -0.3 is 19.1 Å². The number of allylic oxidation sites excluding steroid dienone is 8. The van der Waals surface area contributed by atoms with Crippen molar-refractivity contribution in [2.45, 2.75) is 206 Å². The Labute approximate surface area is 333 Å². The van der Waals surface area contributed by atoms with E-state index >= 15 is 0 Å². The molecule has 1 fully saturated rings. The van der Waals surface area contributed by atoms with Crippen molar-refractivity contribution in [2.75, 3.05) is 13.6 Å². The van der Waals surface area contributed by atoms with Crippen LogP contribution in [0.15, 0.2) is 78.9 Å². The Kier molecular flexibility index (Phi) is 28.7. The number of hydrogen-bond acceptors (Lipinski definition) is 4. The minimum Gasteiger partial charge on any atom is -0.445 e. The second-order valence-electron chi connectivity index (χ2n) is 15.7. The maximum atomic E-state index is 12.7. The molecule has 0 aliphatic carbocycles. The largest absolute Gasteiger partial charge is 0.445 e. The van der Waals surface area contributed by atoms with Gasteiger partial charge in [0.05, 0.1) is 12.2 Å². The summed E-state index contributed by atoms with van der Waals surface area (Å²) in [5.41, 5.74) is 0.987. The quantitative estimate of drug-likeness (QED) is 0.0531. The number of ether oxygens (including phenoxy) is 3. The number of nitrogens with zero attached hydrogens (tertiary/aromatic N) is 1. The molecule has 0 radical (unpaired) electrons. The third-order valence-electron chi connectivity index (χ3n) is 10.5. The molecular formula is C49H81NO4. The van der Waals surface area contributed by atoms with Gasteiger partial charge in [-0.2, -0.15) is 0 Å². The van der Waals surface area contributed by atoms with E-state index in [9.17, 15) is 4.79 Å². The molecule has 2 rings (SSSR count). The number of unbranched alkanes of at least 4 members (excludes halogenated alkanes) is 16. The van der Waals surface area contributed by atoms with E-state index in [1.165, 1.54) is 128 Å². The minimum absolute atomic E-state index is 0.120. The van der Waals surface area contributed by atoms with Gasteiger partial charge in [0.1, 0.15) is 6.61 Å². The van der Waals surface area contributed by atoms with E-state index in [1.807, 2.05) is 30.3 Å². The minimum atomic E-state index is -0.683. The highest BCUT2D eigenvalue weighted by atomic mass is 16.8. The summed E-state index contributed by atoms with van der Waals surface area (Å²) in [4.78, 5) is 14.3. The van der Waals surface area contributed by atoms with Crippen LogP contribution >= 0.6 is 0 Å². The summed E-state index contributed by atoms with van der Waals surface area (Å²) >= 11 is 0. The summed E-state index contributed by atoms with van der Waals surface area (Å²) < 4.78 is 18.9. The number of hydrogen-bond donors (Lipinski definition) is 0. The first-order valence-corrected chi connectivity index (χ1v) is 22.3. The van der Waals surface area contributed by atoms with Gasteiger partial charge in [-0.25, -0.2) is 4.79 Å². The molecular weight excluding hydrogens is 667 g/mol. The molecule has 5 nitrogen and oxygen atoms in total. The van der Waals surface area contributed by atoms with Crippen LogP contribution in [0.4, 0.5) is 4.79 Å². The van der Waals surface area contributed by atoms with Crippen LogP contribution in [0, 0.1) is 0 Å². The SMILES string of the molecule is CCCCCC=CCC=CCCCCCCCC1OC(C)(CCN(C)C(=O)OCc2ccccc2)OC1CCCCCCCC=CCC=CCCCCC. The molecule has 1 saturated heterocycles. The highest BCUT2D eigenvalue weighted by Crippen LogP contribution is 2.36. The fraction of sp³-hybridized carbons (Fsp3) is 0.694. The molecule has 1 aliphatic heterocycles. The van der Waals surface area contributed by atoms with Gasteiger partial charge in [0, 0.05) is 20.0 Å². The van der Waals surface area contributed by atoms with E-state index in [-0.39, 0.29) is 24.9 Å². The monoisotopic (exact) mass is 748 g/mol. The van der Waals surface area contributed by atoms with Gasteiger partial charge in [0.25, 0.3) is 0 Å². The second-order valence-corrected chi connectivity index (χ2v) is 15.7. The van der Waals surface area contributed by atoms with E-state index < -0.39 is 5.79 Å². The van der Waals surface area contributed by atoms with Gasteiger partial charge in [-0.3, -0.25) is 0 Å². The van der Waals surface area contributed by atoms with Crippen molar-refractivity contribution in [2.24, 2.45) is 0 Å². The van der Waals surface area contributed by atoms with Gasteiger partial charge in [-0.15, -0.1) is 0 Å². The lowest BCUT2D eigenvalue weighted by Gasteiger charge is -2.26. The van der Waals surface area contributed by atoms with Gasteiger partial charge in [0.2, 0.25) is 0 Å². The summed E-state index contributed by atoms with van der Waals surface area (Å²) in [6, 6.07) is 9.82. The lowest BCUT2D eigenvalue weighted by molar-refractivity contribution is -0.168. The fourth-order valence-corrected chi connectivity index (χ4v) is 7.03. The summed E-state index contributed by atoms with van der Waals surface area (Å²) in [5.74, 6) is -0.683. The summed E-state index contributed by atoms with van der Waals surface area (Å²) in [7, 11) is 1.80. The molecule has 0 N–H and O–H groups in total. The Morgan fingerprint density at radius 1 is 0.630 bits per heavy atom. The lowest BCUT2D eigenvalue weighted by Crippen LogP contribution is -2.35. The number of carbonyl (C=O) groups is 1. The fourth-order valence-electron chi connectivity index (χ4n) is 7.03. The second kappa shape index (κ2) is 32.6. The molecule has 0 bridgehead atoms. The average Bonchev–Trinajstić information content (AvgIpc) is 3.51. The van der Waals surface area contributed by atoms with Crippen LogP contribution in [0.5, 0.6) is 0 Å². The Morgan fingerprint density at radius 3 is 1.52 bits per heavy atom. The van der Waals surface area contributed by atoms with Gasteiger partial charge in [-0.1, -0.05) is 170 Å². The van der Waals surface area contributed by atoms with Gasteiger partial charge in [-0.05, 0) is 89.5 Å². The Balaban J connectivity index is 1.70. The molecule has 1 amide bonds. The molecule has 0 spiro atoms. The third kappa shape index (κ3) is 24.7. The standard InChI is InChI=1S/C49H81NO4/c1-5-7-9-11-13-15-17-19-21-23-25-27-29-31-36-40-46-47(41-37-32-30-28-26-24-22-20-18-16-14-12-10-8-6-2)54-49(3,53-46)42-43-50(4)48(51)52-44-45-38-34-33-35-39-45/h13-16,19-22,33-35,38-39,46-47H,5-12,17-18,23-32,36-37,40-44H2,1-4H3. The molecule has 5 heteroatoms. The maximum absolute atomic E-state index is 12.7. The van der Waals surface area contributed by atoms with Gasteiger partial charge >= 0.3 is 6.09 Å². The van der Waals surface area contributed by atoms with E-state index in [1.54, 1.807) is 11.9 Å². The molecule has 2 unspecified atom stereocenters. The first kappa shape index (κ1) is 47.5. The van der Waals surface area contributed by atoms with Crippen LogP contribution in [0.25, 0.3) is 0 Å². The van der Waals surface area contributed by atoms with Crippen molar-refractivity contribution in [1.82, 2.24) is 4.90 Å². The lowest BCUT2D eigenvalue weighted by atomic mass is 9.99. The maximum Gasteiger partial charge on any atom is 0.409 e. The number of carbonyl (C=O) groups excluding carboxylic acids is 1. The van der Waals surface area contributed by atoms with Crippen LogP contribution in [-0.2, 0) is 20.8 Å². The first-order chi connectivity index (χ1) is 26.5. The predicted octanol–water partition coefficient (Wildman–Crippen LogP) is 14.8. The van der Waals surface area contributed by atoms with Crippen LogP contribution in [0.2, 0.25) is 0 Å². The highest BCUT2D eigenvalue weighted by molar-refractivity contribution is 5.67. The van der Waals surface area contributed by atoms with Crippen molar-refractivity contribution in [3.63, 3.8) is 0 Å². The zero-order chi connectivity index (χ0) is 38.8. The van der Waals surface area contributed by atoms with Crippen molar-refractivity contribution >= 4 is 6.09 Å². The summed E-state index contributed by atoms with van der Waals surface area (Å²) in [6.07, 6.45) is 48.7. The third-order valence-corrected chi connectivity index (χ3v) is 10.5. The van der Waals surface area contributed by atoms with Crippen LogP contribution in [0.1, 0.15) is 187 Å². The van der Waals surface area contributed by atoms with Crippen LogP contribution in [-0.4, -0.2) is 42.6 Å². The van der Waals surface area contributed by atoms with E-state index in [2.05, 4.69) is 69.4 Å². The Morgan fingerprint density at radius 2 is 1.06 bits per heavy atom. The van der Waals surface area contributed by atoms with Crippen LogP contribution < -0.4 is 0 Å². The number of amides is 1. The Hall–Kier alpha value is -2.63. The normalized spacial score (nSPS) is 19.0. The zero-order valence-corrected chi connectivity index (χ0v) is 35.3. The number of benzene rings is 1. The molecule has 0 saturated carbocycles. The zero-order valence-electron chi connectivity index (χ0n) is 35.3. The first-order valence-electron chi connectivity index (χ1n) is 22.3. The van der Waals surface area contributed by atoms with E-state index in [0.717, 1.165) is 31.2 Å². The molecule has 306 valence electrons. The molecule has 1 heterocycles. The van der Waals surface area contributed by atoms with Gasteiger partial charge in [0.15, 0.2) is 5.79 Å². The molecule has 1 aliphatic rings. The van der Waals surface area contributed by atoms with Crippen LogP contribution in [0.3, 0.4) is 0 Å². The molecule has 1 aromatic rings. The molecule has 2 atom stereocenters. The van der Waals surface area contributed by atoms with Crippen molar-refractivity contribution in [1.29, 1.82) is 0 Å². The van der Waals surface area contributed by atoms with E-state index in [0.29, 0.717) is 13.0 Å². The number of rotatable bonds is 33. The molecule has 0 aromatic heterocycles. The van der Waals surface area contributed by atoms with Crippen molar-refractivity contribution in [3.05, 3.63) is 84.5 Å². The Bertz CT molecular complexity index is 1090. The summed E-state index contributed by atoms with van der Waals surface area (Å²) in [6.45, 7) is 7.38. The molecule has 54 heavy (non-hydrogen) atoms. The van der Waals surface area contributed by atoms with Crippen molar-refractivity contribution in [3.8, 4) is 0 Å². The topological polar surface area (TPSA) is 48.0 Å². The van der Waals surface area contributed by atoms with Crippen molar-refractivity contribution < 1.29 is 19.0 Å².